The number of para-hydroxylation sites is 1. The van der Waals surface area contributed by atoms with Gasteiger partial charge in [-0.15, -0.1) is 0 Å². The molecule has 1 heterocycles. The van der Waals surface area contributed by atoms with Gasteiger partial charge in [-0.1, -0.05) is 36.4 Å². The van der Waals surface area contributed by atoms with Gasteiger partial charge >= 0.3 is 0 Å². The van der Waals surface area contributed by atoms with Crippen molar-refractivity contribution in [2.45, 2.75) is 12.0 Å². The molecule has 0 aromatic heterocycles. The average molecular weight is 324 g/mol. The first-order valence-corrected chi connectivity index (χ1v) is 7.91. The van der Waals surface area contributed by atoms with Crippen LogP contribution in [0.3, 0.4) is 0 Å². The van der Waals surface area contributed by atoms with Crippen LogP contribution in [0.2, 0.25) is 0 Å². The number of hydrogen-bond acceptors (Lipinski definition) is 3. The number of hydrogen-bond donors (Lipinski definition) is 1. The van der Waals surface area contributed by atoms with Crippen LogP contribution in [0.15, 0.2) is 60.7 Å². The summed E-state index contributed by atoms with van der Waals surface area (Å²) in [5.41, 5.74) is 0.277. The van der Waals surface area contributed by atoms with Crippen molar-refractivity contribution in [1.82, 2.24) is 5.32 Å². The highest BCUT2D eigenvalue weighted by molar-refractivity contribution is 6.05. The SMILES string of the molecule is CN(C(=O)C1(NC(=O)c2ccccc2)CCOC1)c1ccccc1. The maximum atomic E-state index is 13.1. The molecule has 0 aliphatic carbocycles. The van der Waals surface area contributed by atoms with Crippen molar-refractivity contribution >= 4 is 17.5 Å². The van der Waals surface area contributed by atoms with Crippen LogP contribution in [0.4, 0.5) is 5.69 Å². The van der Waals surface area contributed by atoms with Gasteiger partial charge < -0.3 is 15.0 Å². The summed E-state index contributed by atoms with van der Waals surface area (Å²) >= 11 is 0. The highest BCUT2D eigenvalue weighted by Crippen LogP contribution is 2.25. The Morgan fingerprint density at radius 3 is 2.25 bits per heavy atom. The smallest absolute Gasteiger partial charge is 0.254 e. The van der Waals surface area contributed by atoms with Gasteiger partial charge in [-0.2, -0.15) is 0 Å². The Balaban J connectivity index is 1.83. The molecule has 1 aliphatic rings. The summed E-state index contributed by atoms with van der Waals surface area (Å²) in [6.07, 6.45) is 0.460. The molecule has 24 heavy (non-hydrogen) atoms. The number of rotatable bonds is 4. The molecule has 2 aromatic carbocycles. The lowest BCUT2D eigenvalue weighted by Crippen LogP contribution is -2.59. The standard InChI is InChI=1S/C19H20N2O3/c1-21(16-10-6-3-7-11-16)18(23)19(12-13-24-14-19)20-17(22)15-8-4-2-5-9-15/h2-11H,12-14H2,1H3,(H,20,22). The largest absolute Gasteiger partial charge is 0.378 e. The third-order valence-electron chi connectivity index (χ3n) is 4.27. The van der Waals surface area contributed by atoms with Gasteiger partial charge in [-0.25, -0.2) is 0 Å². The fourth-order valence-corrected chi connectivity index (χ4v) is 2.85. The Hall–Kier alpha value is -2.66. The normalized spacial score (nSPS) is 19.7. The molecule has 2 amide bonds. The Labute approximate surface area is 141 Å². The number of benzene rings is 2. The van der Waals surface area contributed by atoms with Crippen molar-refractivity contribution in [2.75, 3.05) is 25.2 Å². The molecule has 0 radical (unpaired) electrons. The summed E-state index contributed by atoms with van der Waals surface area (Å²) in [4.78, 5) is 27.2. The van der Waals surface area contributed by atoms with E-state index in [1.807, 2.05) is 36.4 Å². The van der Waals surface area contributed by atoms with Crippen LogP contribution in [0, 0.1) is 0 Å². The van der Waals surface area contributed by atoms with Gasteiger partial charge in [0.1, 0.15) is 5.54 Å². The maximum Gasteiger partial charge on any atom is 0.254 e. The quantitative estimate of drug-likeness (QED) is 0.938. The Bertz CT molecular complexity index is 710. The zero-order chi connectivity index (χ0) is 17.0. The van der Waals surface area contributed by atoms with Crippen molar-refractivity contribution in [3.8, 4) is 0 Å². The first kappa shape index (κ1) is 16.2. The maximum absolute atomic E-state index is 13.1. The number of nitrogens with one attached hydrogen (secondary N) is 1. The van der Waals surface area contributed by atoms with E-state index in [9.17, 15) is 9.59 Å². The average Bonchev–Trinajstić information content (AvgIpc) is 3.11. The van der Waals surface area contributed by atoms with E-state index in [0.29, 0.717) is 18.6 Å². The van der Waals surface area contributed by atoms with Crippen LogP contribution >= 0.6 is 0 Å². The van der Waals surface area contributed by atoms with Crippen molar-refractivity contribution in [1.29, 1.82) is 0 Å². The lowest BCUT2D eigenvalue weighted by atomic mass is 9.95. The second-order valence-electron chi connectivity index (χ2n) is 5.90. The fourth-order valence-electron chi connectivity index (χ4n) is 2.85. The lowest BCUT2D eigenvalue weighted by molar-refractivity contribution is -0.124. The van der Waals surface area contributed by atoms with E-state index in [4.69, 9.17) is 4.74 Å². The third-order valence-corrected chi connectivity index (χ3v) is 4.27. The molecule has 1 unspecified atom stereocenters. The Morgan fingerprint density at radius 2 is 1.67 bits per heavy atom. The molecule has 0 spiro atoms. The molecule has 1 aliphatic heterocycles. The molecule has 5 nitrogen and oxygen atoms in total. The first-order valence-electron chi connectivity index (χ1n) is 7.91. The van der Waals surface area contributed by atoms with E-state index in [0.717, 1.165) is 5.69 Å². The summed E-state index contributed by atoms with van der Waals surface area (Å²) in [6.45, 7) is 0.630. The summed E-state index contributed by atoms with van der Waals surface area (Å²) in [5.74, 6) is -0.439. The topological polar surface area (TPSA) is 58.6 Å². The van der Waals surface area contributed by atoms with Crippen LogP contribution in [0.25, 0.3) is 0 Å². The first-order chi connectivity index (χ1) is 11.6. The molecule has 5 heteroatoms. The monoisotopic (exact) mass is 324 g/mol. The Kier molecular flexibility index (Phi) is 4.62. The number of ether oxygens (including phenoxy) is 1. The van der Waals surface area contributed by atoms with Gasteiger partial charge in [0.25, 0.3) is 11.8 Å². The number of amides is 2. The molecule has 1 N–H and O–H groups in total. The van der Waals surface area contributed by atoms with Crippen LogP contribution in [-0.4, -0.2) is 37.6 Å². The van der Waals surface area contributed by atoms with Gasteiger partial charge in [0.15, 0.2) is 0 Å². The van der Waals surface area contributed by atoms with E-state index in [1.165, 1.54) is 0 Å². The molecule has 1 saturated heterocycles. The highest BCUT2D eigenvalue weighted by atomic mass is 16.5. The predicted molar refractivity (Wildman–Crippen MR) is 91.9 cm³/mol. The highest BCUT2D eigenvalue weighted by Gasteiger charge is 2.45. The van der Waals surface area contributed by atoms with Gasteiger partial charge in [0.2, 0.25) is 0 Å². The lowest BCUT2D eigenvalue weighted by Gasteiger charge is -2.32. The van der Waals surface area contributed by atoms with Crippen LogP contribution in [0.5, 0.6) is 0 Å². The number of carbonyl (C=O) groups excluding carboxylic acids is 2. The zero-order valence-electron chi connectivity index (χ0n) is 13.6. The van der Waals surface area contributed by atoms with Gasteiger partial charge in [0.05, 0.1) is 6.61 Å². The minimum Gasteiger partial charge on any atom is -0.378 e. The molecule has 3 rings (SSSR count). The van der Waals surface area contributed by atoms with Gasteiger partial charge in [-0.3, -0.25) is 9.59 Å². The summed E-state index contributed by atoms with van der Waals surface area (Å²) < 4.78 is 5.44. The predicted octanol–water partition coefficient (Wildman–Crippen LogP) is 2.24. The summed E-state index contributed by atoms with van der Waals surface area (Å²) in [7, 11) is 1.71. The zero-order valence-corrected chi connectivity index (χ0v) is 13.6. The minimum absolute atomic E-state index is 0.171. The number of likely N-dealkylation sites (N-methyl/N-ethyl adjacent to an activating group) is 1. The van der Waals surface area contributed by atoms with Gasteiger partial charge in [-0.05, 0) is 24.3 Å². The molecule has 0 bridgehead atoms. The van der Waals surface area contributed by atoms with E-state index >= 15 is 0 Å². The summed E-state index contributed by atoms with van der Waals surface area (Å²) in [5, 5.41) is 2.90. The molecular formula is C19H20N2O3. The second-order valence-corrected chi connectivity index (χ2v) is 5.90. The molecule has 124 valence electrons. The molecule has 1 atom stereocenters. The number of nitrogens with zero attached hydrogens (tertiary/aromatic N) is 1. The van der Waals surface area contributed by atoms with Crippen molar-refractivity contribution in [2.24, 2.45) is 0 Å². The number of anilines is 1. The van der Waals surface area contributed by atoms with Crippen molar-refractivity contribution in [3.63, 3.8) is 0 Å². The summed E-state index contributed by atoms with van der Waals surface area (Å²) in [6, 6.07) is 18.3. The van der Waals surface area contributed by atoms with E-state index in [2.05, 4.69) is 5.32 Å². The van der Waals surface area contributed by atoms with Crippen molar-refractivity contribution in [3.05, 3.63) is 66.2 Å². The van der Waals surface area contributed by atoms with E-state index in [1.54, 1.807) is 36.2 Å². The molecule has 0 saturated carbocycles. The van der Waals surface area contributed by atoms with Crippen LogP contribution < -0.4 is 10.2 Å². The van der Waals surface area contributed by atoms with E-state index < -0.39 is 5.54 Å². The molecule has 2 aromatic rings. The van der Waals surface area contributed by atoms with E-state index in [-0.39, 0.29) is 18.4 Å². The van der Waals surface area contributed by atoms with Gasteiger partial charge in [0, 0.05) is 31.3 Å². The van der Waals surface area contributed by atoms with Crippen molar-refractivity contribution < 1.29 is 14.3 Å². The van der Waals surface area contributed by atoms with Crippen LogP contribution in [0.1, 0.15) is 16.8 Å². The Morgan fingerprint density at radius 1 is 1.04 bits per heavy atom. The van der Waals surface area contributed by atoms with Crippen LogP contribution in [-0.2, 0) is 9.53 Å². The number of carbonyl (C=O) groups is 2. The fraction of sp³-hybridized carbons (Fsp3) is 0.263. The molecule has 1 fully saturated rings. The second kappa shape index (κ2) is 6.84. The third kappa shape index (κ3) is 3.16. The minimum atomic E-state index is -1.03. The molecular weight excluding hydrogens is 304 g/mol.